The van der Waals surface area contributed by atoms with Crippen LogP contribution >= 0.6 is 11.3 Å². The van der Waals surface area contributed by atoms with Gasteiger partial charge in [0.1, 0.15) is 17.2 Å². The molecular weight excluding hydrogens is 350 g/mol. The molecule has 1 atom stereocenters. The van der Waals surface area contributed by atoms with E-state index in [2.05, 4.69) is 10.3 Å². The number of carbonyl (C=O) groups is 2. The molecular formula is C19H25N3O3S. The van der Waals surface area contributed by atoms with Crippen LogP contribution in [0.2, 0.25) is 0 Å². The predicted molar refractivity (Wildman–Crippen MR) is 100 cm³/mol. The molecule has 0 unspecified atom stereocenters. The maximum Gasteiger partial charge on any atom is 0.273 e. The number of piperidine rings is 1. The number of nitrogens with zero attached hydrogens (tertiary/aromatic N) is 2. The minimum atomic E-state index is 0.0108. The summed E-state index contributed by atoms with van der Waals surface area (Å²) in [6.07, 6.45) is 3.31. The van der Waals surface area contributed by atoms with E-state index in [0.29, 0.717) is 31.1 Å². The highest BCUT2D eigenvalue weighted by atomic mass is 32.1. The molecule has 0 bridgehead atoms. The third-order valence-electron chi connectivity index (χ3n) is 4.68. The number of carbonyl (C=O) groups excluding carboxylic acids is 2. The third kappa shape index (κ3) is 4.94. The van der Waals surface area contributed by atoms with E-state index in [-0.39, 0.29) is 11.8 Å². The SMILES string of the molecule is Cc1ccc(CNC(=O)CC[C@H]2CCCN(C(=O)c3csc(C)n3)C2)o1. The number of aromatic nitrogens is 1. The van der Waals surface area contributed by atoms with Crippen LogP contribution in [0, 0.1) is 19.8 Å². The Kier molecular flexibility index (Phi) is 6.08. The molecule has 3 rings (SSSR count). The predicted octanol–water partition coefficient (Wildman–Crippen LogP) is 3.30. The molecule has 2 aromatic rings. The van der Waals surface area contributed by atoms with Crippen LogP contribution in [0.5, 0.6) is 0 Å². The molecule has 3 heterocycles. The molecule has 0 saturated carbocycles. The van der Waals surface area contributed by atoms with Crippen molar-refractivity contribution >= 4 is 23.2 Å². The number of likely N-dealkylation sites (tertiary alicyclic amines) is 1. The lowest BCUT2D eigenvalue weighted by Crippen LogP contribution is -2.40. The van der Waals surface area contributed by atoms with Crippen LogP contribution < -0.4 is 5.32 Å². The Morgan fingerprint density at radius 3 is 2.92 bits per heavy atom. The van der Waals surface area contributed by atoms with E-state index in [1.54, 1.807) is 0 Å². The summed E-state index contributed by atoms with van der Waals surface area (Å²) in [5.41, 5.74) is 0.541. The third-order valence-corrected chi connectivity index (χ3v) is 5.45. The summed E-state index contributed by atoms with van der Waals surface area (Å²) in [6.45, 7) is 5.69. The Hall–Kier alpha value is -2.15. The number of thiazole rings is 1. The zero-order valence-corrected chi connectivity index (χ0v) is 16.1. The molecule has 2 aromatic heterocycles. The molecule has 2 amide bonds. The molecule has 0 aromatic carbocycles. The van der Waals surface area contributed by atoms with Crippen molar-refractivity contribution in [3.05, 3.63) is 39.7 Å². The highest BCUT2D eigenvalue weighted by Gasteiger charge is 2.26. The minimum Gasteiger partial charge on any atom is -0.465 e. The molecule has 7 heteroatoms. The average Bonchev–Trinajstić information content (AvgIpc) is 3.26. The summed E-state index contributed by atoms with van der Waals surface area (Å²) in [6, 6.07) is 3.76. The van der Waals surface area contributed by atoms with Crippen LogP contribution in [0.25, 0.3) is 0 Å². The maximum absolute atomic E-state index is 12.5. The highest BCUT2D eigenvalue weighted by Crippen LogP contribution is 2.23. The van der Waals surface area contributed by atoms with Gasteiger partial charge in [0.15, 0.2) is 0 Å². The van der Waals surface area contributed by atoms with Gasteiger partial charge in [-0.3, -0.25) is 9.59 Å². The quantitative estimate of drug-likeness (QED) is 0.840. The van der Waals surface area contributed by atoms with Crippen molar-refractivity contribution in [3.8, 4) is 0 Å². The number of amides is 2. The first-order chi connectivity index (χ1) is 12.5. The normalized spacial score (nSPS) is 17.3. The zero-order chi connectivity index (χ0) is 18.5. The van der Waals surface area contributed by atoms with Crippen molar-refractivity contribution in [1.82, 2.24) is 15.2 Å². The smallest absolute Gasteiger partial charge is 0.273 e. The van der Waals surface area contributed by atoms with Crippen molar-refractivity contribution < 1.29 is 14.0 Å². The first-order valence-electron chi connectivity index (χ1n) is 9.04. The summed E-state index contributed by atoms with van der Waals surface area (Å²) in [7, 11) is 0. The lowest BCUT2D eigenvalue weighted by molar-refractivity contribution is -0.121. The maximum atomic E-state index is 12.5. The van der Waals surface area contributed by atoms with Gasteiger partial charge in [0, 0.05) is 24.9 Å². The van der Waals surface area contributed by atoms with Gasteiger partial charge in [0.05, 0.1) is 11.6 Å². The van der Waals surface area contributed by atoms with Crippen LogP contribution in [0.15, 0.2) is 21.9 Å². The first kappa shape index (κ1) is 18.6. The van der Waals surface area contributed by atoms with Gasteiger partial charge in [-0.15, -0.1) is 11.3 Å². The lowest BCUT2D eigenvalue weighted by atomic mass is 9.93. The van der Waals surface area contributed by atoms with Crippen LogP contribution in [-0.4, -0.2) is 34.8 Å². The zero-order valence-electron chi connectivity index (χ0n) is 15.3. The average molecular weight is 375 g/mol. The van der Waals surface area contributed by atoms with Gasteiger partial charge >= 0.3 is 0 Å². The molecule has 1 aliphatic rings. The molecule has 1 saturated heterocycles. The van der Waals surface area contributed by atoms with Gasteiger partial charge in [-0.25, -0.2) is 4.98 Å². The Morgan fingerprint density at radius 2 is 2.23 bits per heavy atom. The van der Waals surface area contributed by atoms with Crippen molar-refractivity contribution in [2.24, 2.45) is 5.92 Å². The Labute approximate surface area is 157 Å². The van der Waals surface area contributed by atoms with E-state index < -0.39 is 0 Å². The highest BCUT2D eigenvalue weighted by molar-refractivity contribution is 7.09. The fraction of sp³-hybridized carbons (Fsp3) is 0.526. The van der Waals surface area contributed by atoms with Crippen LogP contribution in [-0.2, 0) is 11.3 Å². The summed E-state index contributed by atoms with van der Waals surface area (Å²) < 4.78 is 5.45. The molecule has 0 spiro atoms. The Bertz CT molecular complexity index is 768. The monoisotopic (exact) mass is 375 g/mol. The molecule has 1 N–H and O–H groups in total. The van der Waals surface area contributed by atoms with Crippen LogP contribution in [0.1, 0.15) is 52.7 Å². The lowest BCUT2D eigenvalue weighted by Gasteiger charge is -2.32. The van der Waals surface area contributed by atoms with Crippen molar-refractivity contribution in [2.75, 3.05) is 13.1 Å². The number of furan rings is 1. The second kappa shape index (κ2) is 8.49. The fourth-order valence-corrected chi connectivity index (χ4v) is 3.89. The number of rotatable bonds is 6. The van der Waals surface area contributed by atoms with E-state index >= 15 is 0 Å². The Balaban J connectivity index is 1.43. The van der Waals surface area contributed by atoms with Crippen molar-refractivity contribution in [1.29, 1.82) is 0 Å². The molecule has 6 nitrogen and oxygen atoms in total. The van der Waals surface area contributed by atoms with E-state index in [1.165, 1.54) is 11.3 Å². The van der Waals surface area contributed by atoms with Crippen LogP contribution in [0.3, 0.4) is 0 Å². The van der Waals surface area contributed by atoms with Gasteiger partial charge in [-0.05, 0) is 51.2 Å². The second-order valence-electron chi connectivity index (χ2n) is 6.84. The van der Waals surface area contributed by atoms with Gasteiger partial charge in [0.2, 0.25) is 5.91 Å². The standard InChI is InChI=1S/C19H25N3O3S/c1-13-5-7-16(25-13)10-20-18(23)8-6-15-4-3-9-22(11-15)19(24)17-12-26-14(2)21-17/h5,7,12,15H,3-4,6,8-11H2,1-2H3,(H,20,23)/t15-/m1/s1. The molecule has 26 heavy (non-hydrogen) atoms. The van der Waals surface area contributed by atoms with Gasteiger partial charge < -0.3 is 14.6 Å². The molecule has 1 fully saturated rings. The van der Waals surface area contributed by atoms with E-state index in [4.69, 9.17) is 4.42 Å². The van der Waals surface area contributed by atoms with Gasteiger partial charge in [-0.1, -0.05) is 0 Å². The van der Waals surface area contributed by atoms with E-state index in [0.717, 1.165) is 42.3 Å². The van der Waals surface area contributed by atoms with Gasteiger partial charge in [0.25, 0.3) is 5.91 Å². The molecule has 0 radical (unpaired) electrons. The summed E-state index contributed by atoms with van der Waals surface area (Å²) in [5, 5.41) is 5.62. The summed E-state index contributed by atoms with van der Waals surface area (Å²) >= 11 is 1.50. The number of hydrogen-bond donors (Lipinski definition) is 1. The number of aryl methyl sites for hydroxylation is 2. The van der Waals surface area contributed by atoms with E-state index in [1.807, 2.05) is 36.3 Å². The van der Waals surface area contributed by atoms with Crippen molar-refractivity contribution in [3.63, 3.8) is 0 Å². The molecule has 1 aliphatic heterocycles. The summed E-state index contributed by atoms with van der Waals surface area (Å²) in [5.74, 6) is 2.01. The largest absolute Gasteiger partial charge is 0.465 e. The minimum absolute atomic E-state index is 0.0108. The number of nitrogens with one attached hydrogen (secondary N) is 1. The topological polar surface area (TPSA) is 75.4 Å². The van der Waals surface area contributed by atoms with Crippen molar-refractivity contribution in [2.45, 2.75) is 46.1 Å². The fourth-order valence-electron chi connectivity index (χ4n) is 3.30. The number of hydrogen-bond acceptors (Lipinski definition) is 5. The second-order valence-corrected chi connectivity index (χ2v) is 7.90. The Morgan fingerprint density at radius 1 is 1.38 bits per heavy atom. The van der Waals surface area contributed by atoms with Crippen LogP contribution in [0.4, 0.5) is 0 Å². The molecule has 140 valence electrons. The summed E-state index contributed by atoms with van der Waals surface area (Å²) in [4.78, 5) is 30.8. The van der Waals surface area contributed by atoms with Gasteiger partial charge in [-0.2, -0.15) is 0 Å². The molecule has 0 aliphatic carbocycles. The first-order valence-corrected chi connectivity index (χ1v) is 9.92. The van der Waals surface area contributed by atoms with E-state index in [9.17, 15) is 9.59 Å².